The largest absolute Gasteiger partial charge is 0.618 e. The zero-order chi connectivity index (χ0) is 23.7. The predicted molar refractivity (Wildman–Crippen MR) is 103 cm³/mol. The van der Waals surface area contributed by atoms with Crippen LogP contribution in [0.4, 0.5) is 26.3 Å². The third-order valence-corrected chi connectivity index (χ3v) is 4.75. The molecule has 0 aliphatic heterocycles. The van der Waals surface area contributed by atoms with Crippen LogP contribution in [-0.2, 0) is 18.9 Å². The van der Waals surface area contributed by atoms with Gasteiger partial charge in [-0.2, -0.15) is 31.1 Å². The average molecular weight is 454 g/mol. The van der Waals surface area contributed by atoms with Crippen molar-refractivity contribution in [2.75, 3.05) is 0 Å². The van der Waals surface area contributed by atoms with E-state index < -0.39 is 35.9 Å². The lowest BCUT2D eigenvalue weighted by molar-refractivity contribution is -0.612. The van der Waals surface area contributed by atoms with Gasteiger partial charge in [0, 0.05) is 25.1 Å². The van der Waals surface area contributed by atoms with E-state index in [9.17, 15) is 36.3 Å². The number of halogens is 6. The van der Waals surface area contributed by atoms with Gasteiger partial charge in [0.25, 0.3) is 5.91 Å². The summed E-state index contributed by atoms with van der Waals surface area (Å²) in [6.45, 7) is 0.785. The average Bonchev–Trinajstić information content (AvgIpc) is 2.73. The first-order valence-corrected chi connectivity index (χ1v) is 9.22. The molecule has 0 saturated heterocycles. The van der Waals surface area contributed by atoms with Crippen molar-refractivity contribution in [3.05, 3.63) is 93.9 Å². The van der Waals surface area contributed by atoms with Crippen LogP contribution in [-0.4, -0.2) is 5.91 Å². The van der Waals surface area contributed by atoms with E-state index in [2.05, 4.69) is 5.32 Å². The van der Waals surface area contributed by atoms with Gasteiger partial charge >= 0.3 is 12.4 Å². The third kappa shape index (κ3) is 5.01. The Kier molecular flexibility index (Phi) is 6.16. The summed E-state index contributed by atoms with van der Waals surface area (Å²) in [6, 6.07) is 11.1. The van der Waals surface area contributed by atoms with Crippen molar-refractivity contribution in [1.82, 2.24) is 5.32 Å². The highest BCUT2D eigenvalue weighted by Gasteiger charge is 2.37. The fourth-order valence-corrected chi connectivity index (χ4v) is 3.18. The maximum Gasteiger partial charge on any atom is 0.416 e. The quantitative estimate of drug-likeness (QED) is 0.332. The highest BCUT2D eigenvalue weighted by atomic mass is 19.4. The summed E-state index contributed by atoms with van der Waals surface area (Å²) in [5, 5.41) is 14.3. The molecule has 3 rings (SSSR count). The van der Waals surface area contributed by atoms with E-state index in [1.54, 1.807) is 30.3 Å². The van der Waals surface area contributed by atoms with Gasteiger partial charge in [-0.3, -0.25) is 4.79 Å². The molecule has 0 spiro atoms. The summed E-state index contributed by atoms with van der Waals surface area (Å²) in [7, 11) is 0. The Labute approximate surface area is 178 Å². The van der Waals surface area contributed by atoms with E-state index in [4.69, 9.17) is 0 Å². The van der Waals surface area contributed by atoms with Gasteiger partial charge in [-0.15, -0.1) is 0 Å². The molecule has 3 aromatic rings. The summed E-state index contributed by atoms with van der Waals surface area (Å²) >= 11 is 0. The molecule has 168 valence electrons. The molecule has 4 nitrogen and oxygen atoms in total. The van der Waals surface area contributed by atoms with Crippen molar-refractivity contribution < 1.29 is 35.9 Å². The number of carbonyl (C=O) groups excluding carboxylic acids is 1. The van der Waals surface area contributed by atoms with Gasteiger partial charge in [0.2, 0.25) is 5.69 Å². The molecule has 0 radical (unpaired) electrons. The van der Waals surface area contributed by atoms with Crippen LogP contribution in [0.25, 0.3) is 11.1 Å². The van der Waals surface area contributed by atoms with Crippen molar-refractivity contribution in [2.45, 2.75) is 25.8 Å². The lowest BCUT2D eigenvalue weighted by atomic mass is 9.98. The number of hydrogen-bond acceptors (Lipinski definition) is 2. The van der Waals surface area contributed by atoms with E-state index in [-0.39, 0.29) is 22.9 Å². The number of rotatable bonds is 4. The molecule has 0 fully saturated rings. The number of aromatic nitrogens is 1. The molecule has 0 saturated carbocycles. The number of nitrogens with zero attached hydrogens (tertiary/aromatic N) is 1. The molecular formula is C22H16F6N2O2. The molecule has 1 heterocycles. The van der Waals surface area contributed by atoms with E-state index in [1.165, 1.54) is 19.2 Å². The van der Waals surface area contributed by atoms with Gasteiger partial charge in [0.15, 0.2) is 6.20 Å². The normalized spacial score (nSPS) is 12.0. The summed E-state index contributed by atoms with van der Waals surface area (Å²) in [4.78, 5) is 12.8. The smallest absolute Gasteiger partial charge is 0.416 e. The van der Waals surface area contributed by atoms with Gasteiger partial charge < -0.3 is 10.5 Å². The molecular weight excluding hydrogens is 438 g/mol. The van der Waals surface area contributed by atoms with Crippen LogP contribution < -0.4 is 10.0 Å². The summed E-state index contributed by atoms with van der Waals surface area (Å²) in [6.07, 6.45) is -8.79. The number of benzene rings is 2. The first-order valence-electron chi connectivity index (χ1n) is 9.22. The lowest BCUT2D eigenvalue weighted by Crippen LogP contribution is -2.35. The molecule has 0 atom stereocenters. The highest BCUT2D eigenvalue weighted by molar-refractivity contribution is 6.01. The molecule has 0 bridgehead atoms. The molecule has 32 heavy (non-hydrogen) atoms. The Morgan fingerprint density at radius 3 is 2.03 bits per heavy atom. The minimum absolute atomic E-state index is 0.0144. The van der Waals surface area contributed by atoms with Crippen LogP contribution >= 0.6 is 0 Å². The Morgan fingerprint density at radius 1 is 0.938 bits per heavy atom. The number of alkyl halides is 6. The second kappa shape index (κ2) is 8.52. The number of nitrogens with one attached hydrogen (secondary N) is 1. The second-order valence-electron chi connectivity index (χ2n) is 6.98. The first kappa shape index (κ1) is 23.1. The summed E-state index contributed by atoms with van der Waals surface area (Å²) in [5.74, 6) is -0.808. The zero-order valence-corrected chi connectivity index (χ0v) is 16.5. The van der Waals surface area contributed by atoms with E-state index in [0.29, 0.717) is 28.0 Å². The van der Waals surface area contributed by atoms with Crippen molar-refractivity contribution >= 4 is 5.91 Å². The summed E-state index contributed by atoms with van der Waals surface area (Å²) in [5.41, 5.74) is -2.33. The Morgan fingerprint density at radius 2 is 1.50 bits per heavy atom. The van der Waals surface area contributed by atoms with E-state index in [1.807, 2.05) is 0 Å². The SMILES string of the molecule is Cc1c(C(=O)NCc2cc(C(F)(F)F)cc(C(F)(F)F)c2)c(-c2ccccc2)cc[n+]1[O-]. The maximum absolute atomic E-state index is 13.0. The van der Waals surface area contributed by atoms with Crippen molar-refractivity contribution in [1.29, 1.82) is 0 Å². The van der Waals surface area contributed by atoms with Gasteiger partial charge in [-0.05, 0) is 29.3 Å². The predicted octanol–water partition coefficient (Wildman–Crippen LogP) is 5.26. The molecule has 0 aliphatic rings. The van der Waals surface area contributed by atoms with Crippen LogP contribution in [0.3, 0.4) is 0 Å². The fraction of sp³-hybridized carbons (Fsp3) is 0.182. The molecule has 1 N–H and O–H groups in total. The van der Waals surface area contributed by atoms with Gasteiger partial charge in [0.1, 0.15) is 5.56 Å². The van der Waals surface area contributed by atoms with Gasteiger partial charge in [-0.1, -0.05) is 30.3 Å². The Bertz CT molecular complexity index is 1110. The molecule has 1 aromatic heterocycles. The number of amides is 1. The second-order valence-corrected chi connectivity index (χ2v) is 6.98. The zero-order valence-electron chi connectivity index (χ0n) is 16.5. The van der Waals surface area contributed by atoms with Crippen LogP contribution in [0.15, 0.2) is 60.8 Å². The maximum atomic E-state index is 13.0. The van der Waals surface area contributed by atoms with Crippen LogP contribution in [0.5, 0.6) is 0 Å². The first-order chi connectivity index (χ1) is 14.9. The van der Waals surface area contributed by atoms with E-state index in [0.717, 1.165) is 0 Å². The molecule has 0 unspecified atom stereocenters. The number of hydrogen-bond donors (Lipinski definition) is 1. The van der Waals surface area contributed by atoms with Gasteiger partial charge in [0.05, 0.1) is 11.1 Å². The number of pyridine rings is 1. The molecule has 10 heteroatoms. The standard InChI is InChI=1S/C22H16F6N2O2/c1-13-19(18(7-8-30(13)32)15-5-3-2-4-6-15)20(31)29-12-14-9-16(21(23,24)25)11-17(10-14)22(26,27)28/h2-11H,12H2,1H3,(H,29,31). The topological polar surface area (TPSA) is 56.0 Å². The van der Waals surface area contributed by atoms with E-state index >= 15 is 0 Å². The van der Waals surface area contributed by atoms with Crippen LogP contribution in [0, 0.1) is 12.1 Å². The van der Waals surface area contributed by atoms with Crippen molar-refractivity contribution in [3.8, 4) is 11.1 Å². The van der Waals surface area contributed by atoms with Crippen LogP contribution in [0.1, 0.15) is 32.7 Å². The molecule has 1 amide bonds. The van der Waals surface area contributed by atoms with Gasteiger partial charge in [-0.25, -0.2) is 0 Å². The Balaban J connectivity index is 1.96. The Hall–Kier alpha value is -3.56. The minimum Gasteiger partial charge on any atom is -0.618 e. The number of carbonyl (C=O) groups is 1. The highest BCUT2D eigenvalue weighted by Crippen LogP contribution is 2.36. The lowest BCUT2D eigenvalue weighted by Gasteiger charge is -2.16. The fourth-order valence-electron chi connectivity index (χ4n) is 3.18. The van der Waals surface area contributed by atoms with Crippen molar-refractivity contribution in [2.24, 2.45) is 0 Å². The summed E-state index contributed by atoms with van der Waals surface area (Å²) < 4.78 is 78.7. The molecule has 2 aromatic carbocycles. The van der Waals surface area contributed by atoms with Crippen LogP contribution in [0.2, 0.25) is 0 Å². The third-order valence-electron chi connectivity index (χ3n) is 4.75. The monoisotopic (exact) mass is 454 g/mol. The van der Waals surface area contributed by atoms with Crippen molar-refractivity contribution in [3.63, 3.8) is 0 Å². The minimum atomic E-state index is -5.00. The molecule has 0 aliphatic carbocycles.